The molecule has 3 heterocycles. The first kappa shape index (κ1) is 84.7. The largest absolute Gasteiger partial charge is 0.481 e. The van der Waals surface area contributed by atoms with Gasteiger partial charge in [0, 0.05) is 30.5 Å². The standard InChI is InChI=1S/C44H42N6O.C33H27N5.C15H27NO3.C8H15NO2/c1-2-3-25-40-45-43(30-15-16-31-43)42(51)49(40)32-33-26-28-34(29-27-33)38-23-13-14-24-39(38)41-46-47-48-50(41)44(35-17-7-4-8-18-35,36-19-9-5-10-20-36)37-21-11-6-12-22-37;34-24-25-20-22-26(23-21-25)30-18-10-11-19-31(30)32-35-36-37-38(32)33(27-12-4-1-5-13-27,28-14-6-2-7-15-28)29-16-8-3-9-17-29;1-4-7-10-13(18-5-2)16-15(11-8-9-12-15)14(17)19-6-3;1-2-11-7(10)8(9)5-3-4-6-8/h4-14,17-24,26-29H,2-3,15-16,25,30-32H2,1H3;1-23H,24,34H2;4-12H2,1-3H3;2-6,9H2,1H3. The van der Waals surface area contributed by atoms with Crippen molar-refractivity contribution in [2.75, 3.05) is 19.8 Å². The maximum Gasteiger partial charge on any atom is 0.334 e. The van der Waals surface area contributed by atoms with Crippen molar-refractivity contribution in [1.82, 2.24) is 45.3 Å². The number of rotatable bonds is 27. The molecule has 0 unspecified atom stereocenters. The summed E-state index contributed by atoms with van der Waals surface area (Å²) in [5.74, 6) is 2.81. The number of unbranched alkanes of at least 4 members (excludes halogenated alkanes) is 2. The van der Waals surface area contributed by atoms with Crippen LogP contribution in [0.1, 0.15) is 195 Å². The molecule has 10 aromatic carbocycles. The fourth-order valence-corrected chi connectivity index (χ4v) is 17.3. The van der Waals surface area contributed by atoms with Crippen molar-refractivity contribution in [3.05, 3.63) is 324 Å². The predicted molar refractivity (Wildman–Crippen MR) is 472 cm³/mol. The highest BCUT2D eigenvalue weighted by atomic mass is 16.5. The lowest BCUT2D eigenvalue weighted by Crippen LogP contribution is -2.46. The van der Waals surface area contributed by atoms with Crippen molar-refractivity contribution in [3.8, 4) is 45.0 Å². The molecule has 0 radical (unpaired) electrons. The first-order valence-corrected chi connectivity index (χ1v) is 42.6. The van der Waals surface area contributed by atoms with Crippen LogP contribution in [0.25, 0.3) is 45.0 Å². The second-order valence-electron chi connectivity index (χ2n) is 31.0. The zero-order valence-corrected chi connectivity index (χ0v) is 69.3. The van der Waals surface area contributed by atoms with Gasteiger partial charge in [0.1, 0.15) is 28.0 Å². The minimum Gasteiger partial charge on any atom is -0.481 e. The number of aliphatic imine (C=N–C) groups is 2. The van der Waals surface area contributed by atoms with Crippen LogP contribution < -0.4 is 11.5 Å². The Kier molecular flexibility index (Phi) is 28.7. The van der Waals surface area contributed by atoms with E-state index in [2.05, 4.69) is 259 Å². The highest BCUT2D eigenvalue weighted by molar-refractivity contribution is 6.08. The van der Waals surface area contributed by atoms with Crippen molar-refractivity contribution in [3.63, 3.8) is 0 Å². The van der Waals surface area contributed by atoms with Gasteiger partial charge in [0.05, 0.1) is 26.4 Å². The fraction of sp³-hybridized carbons (Fsp3) is 0.330. The van der Waals surface area contributed by atoms with Crippen LogP contribution >= 0.6 is 0 Å². The van der Waals surface area contributed by atoms with Gasteiger partial charge in [0.15, 0.2) is 23.1 Å². The van der Waals surface area contributed by atoms with Gasteiger partial charge < -0.3 is 25.7 Å². The van der Waals surface area contributed by atoms with E-state index in [-0.39, 0.29) is 17.8 Å². The molecular formula is C100H111N13O6. The topological polar surface area (TPSA) is 246 Å². The molecular weight excluding hydrogens is 1480 g/mol. The van der Waals surface area contributed by atoms with E-state index in [0.29, 0.717) is 44.6 Å². The molecule has 1 amide bonds. The smallest absolute Gasteiger partial charge is 0.334 e. The highest BCUT2D eigenvalue weighted by Crippen LogP contribution is 2.47. The van der Waals surface area contributed by atoms with Crippen LogP contribution in [0.15, 0.2) is 289 Å². The van der Waals surface area contributed by atoms with Gasteiger partial charge in [-0.1, -0.05) is 344 Å². The Labute approximate surface area is 700 Å². The lowest BCUT2D eigenvalue weighted by Gasteiger charge is -2.36. The fourth-order valence-electron chi connectivity index (χ4n) is 17.3. The first-order chi connectivity index (χ1) is 58.3. The molecule has 3 fully saturated rings. The molecule has 16 rings (SSSR count). The maximum atomic E-state index is 13.8. The number of amidine groups is 1. The molecule has 0 saturated heterocycles. The van der Waals surface area contributed by atoms with Crippen LogP contribution in [0.4, 0.5) is 0 Å². The van der Waals surface area contributed by atoms with Crippen molar-refractivity contribution in [2.45, 2.75) is 191 Å². The quantitative estimate of drug-likeness (QED) is 0.0210. The van der Waals surface area contributed by atoms with Crippen molar-refractivity contribution >= 4 is 29.6 Å². The lowest BCUT2D eigenvalue weighted by molar-refractivity contribution is -0.150. The summed E-state index contributed by atoms with van der Waals surface area (Å²) in [6, 6.07) is 96.2. The summed E-state index contributed by atoms with van der Waals surface area (Å²) in [6.45, 7) is 12.4. The molecule has 0 atom stereocenters. The summed E-state index contributed by atoms with van der Waals surface area (Å²) in [5, 5.41) is 27.4. The summed E-state index contributed by atoms with van der Waals surface area (Å²) in [4.78, 5) is 48.9. The highest BCUT2D eigenvalue weighted by Gasteiger charge is 2.50. The minimum atomic E-state index is -0.852. The van der Waals surface area contributed by atoms with Crippen LogP contribution in [0.5, 0.6) is 0 Å². The summed E-state index contributed by atoms with van der Waals surface area (Å²) in [7, 11) is 0. The third-order valence-corrected chi connectivity index (χ3v) is 23.3. The van der Waals surface area contributed by atoms with Gasteiger partial charge in [0.2, 0.25) is 0 Å². The Morgan fingerprint density at radius 2 is 0.790 bits per heavy atom. The van der Waals surface area contributed by atoms with Crippen LogP contribution in [0.3, 0.4) is 0 Å². The van der Waals surface area contributed by atoms with E-state index >= 15 is 0 Å². The molecule has 12 aromatic rings. The van der Waals surface area contributed by atoms with Gasteiger partial charge in [0.25, 0.3) is 5.91 Å². The second-order valence-corrected chi connectivity index (χ2v) is 31.0. The van der Waals surface area contributed by atoms with Gasteiger partial charge in [-0.25, -0.2) is 19.2 Å². The first-order valence-electron chi connectivity index (χ1n) is 42.6. The van der Waals surface area contributed by atoms with E-state index in [1.54, 1.807) is 6.92 Å². The number of carbonyl (C=O) groups excluding carboxylic acids is 3. The number of hydrogen-bond donors (Lipinski definition) is 2. The SMILES string of the molecule is CCCCC(=NC1(C(=O)OCC)CCCC1)OCC.CCCCC1=NC2(CCCC2)C(=O)N1Cc1ccc(-c2ccccc2-c2nnnn2C(c2ccccc2)(c2ccccc2)c2ccccc2)cc1.CCOC(=O)C1(N)CCCC1.NCc1ccc(-c2ccccc2-c2nnnn2C(c2ccccc2)(c2ccccc2)c2ccccc2)cc1. The average Bonchev–Trinajstić information content (AvgIpc) is 1.72. The third-order valence-electron chi connectivity index (χ3n) is 23.3. The Morgan fingerprint density at radius 3 is 1.18 bits per heavy atom. The van der Waals surface area contributed by atoms with Gasteiger partial charge in [-0.2, -0.15) is 0 Å². The van der Waals surface area contributed by atoms with Crippen LogP contribution in [0, 0.1) is 0 Å². The lowest BCUT2D eigenvalue weighted by atomic mass is 9.77. The summed E-state index contributed by atoms with van der Waals surface area (Å²) in [6.07, 6.45) is 17.1. The average molecular weight is 1590 g/mol. The van der Waals surface area contributed by atoms with E-state index < -0.39 is 27.7 Å². The summed E-state index contributed by atoms with van der Waals surface area (Å²) in [5.41, 5.74) is 22.8. The number of nitrogens with two attached hydrogens (primary N) is 2. The summed E-state index contributed by atoms with van der Waals surface area (Å²) >= 11 is 0. The van der Waals surface area contributed by atoms with Gasteiger partial charge in [-0.05, 0) is 160 Å². The van der Waals surface area contributed by atoms with Crippen molar-refractivity contribution < 1.29 is 28.6 Å². The van der Waals surface area contributed by atoms with E-state index in [4.69, 9.17) is 46.2 Å². The normalized spacial score (nSPS) is 15.2. The number of benzene rings is 10. The molecule has 19 heteroatoms. The molecule has 19 nitrogen and oxygen atoms in total. The minimum absolute atomic E-state index is 0.179. The Hall–Kier alpha value is -12.2. The molecule has 0 bridgehead atoms. The van der Waals surface area contributed by atoms with Gasteiger partial charge in [-0.15, -0.1) is 10.2 Å². The monoisotopic (exact) mass is 1590 g/mol. The molecule has 1 aliphatic heterocycles. The zero-order chi connectivity index (χ0) is 82.9. The third kappa shape index (κ3) is 18.6. The van der Waals surface area contributed by atoms with Crippen molar-refractivity contribution in [2.24, 2.45) is 21.5 Å². The number of ether oxygens (including phenoxy) is 3. The van der Waals surface area contributed by atoms with Crippen molar-refractivity contribution in [1.29, 1.82) is 0 Å². The van der Waals surface area contributed by atoms with Crippen LogP contribution in [-0.4, -0.2) is 111 Å². The predicted octanol–water partition coefficient (Wildman–Crippen LogP) is 19.7. The molecule has 612 valence electrons. The van der Waals surface area contributed by atoms with Gasteiger partial charge in [-0.3, -0.25) is 19.5 Å². The molecule has 4 N–H and O–H groups in total. The Morgan fingerprint density at radius 1 is 0.429 bits per heavy atom. The number of carbonyl (C=O) groups is 3. The number of aromatic nitrogens is 8. The second kappa shape index (κ2) is 40.3. The van der Waals surface area contributed by atoms with E-state index in [1.165, 1.54) is 0 Å². The zero-order valence-electron chi connectivity index (χ0n) is 69.3. The number of hydrogen-bond acceptors (Lipinski definition) is 16. The Bertz CT molecular complexity index is 5080. The number of tetrazole rings is 2. The molecule has 1 spiro atoms. The van der Waals surface area contributed by atoms with Crippen LogP contribution in [-0.2, 0) is 52.8 Å². The molecule has 3 aliphatic carbocycles. The molecule has 4 aliphatic rings. The molecule has 3 saturated carbocycles. The van der Waals surface area contributed by atoms with E-state index in [0.717, 1.165) is 205 Å². The number of esters is 2. The van der Waals surface area contributed by atoms with Gasteiger partial charge >= 0.3 is 11.9 Å². The number of amides is 1. The molecule has 2 aromatic heterocycles. The summed E-state index contributed by atoms with van der Waals surface area (Å²) < 4.78 is 19.6. The molecule has 119 heavy (non-hydrogen) atoms. The number of nitrogens with zero attached hydrogens (tertiary/aromatic N) is 11. The van der Waals surface area contributed by atoms with E-state index in [1.807, 2.05) is 82.7 Å². The maximum absolute atomic E-state index is 13.8. The van der Waals surface area contributed by atoms with Crippen LogP contribution in [0.2, 0.25) is 0 Å². The van der Waals surface area contributed by atoms with E-state index in [9.17, 15) is 14.4 Å². The Balaban J connectivity index is 0.000000157.